The number of hydrogen-bond donors (Lipinski definition) is 1. The molecule has 1 heterocycles. The summed E-state index contributed by atoms with van der Waals surface area (Å²) in [5, 5.41) is 19.4. The molecule has 1 amide bonds. The molecule has 10 heteroatoms. The molecule has 1 atom stereocenters. The molecule has 0 radical (unpaired) electrons. The van der Waals surface area contributed by atoms with Gasteiger partial charge in [0.1, 0.15) is 0 Å². The molecule has 0 spiro atoms. The van der Waals surface area contributed by atoms with E-state index in [0.717, 1.165) is 36.5 Å². The smallest absolute Gasteiger partial charge is 0.338 e. The Kier molecular flexibility index (Phi) is 6.05. The van der Waals surface area contributed by atoms with Gasteiger partial charge in [-0.05, 0) is 50.2 Å². The average molecular weight is 414 g/mol. The zero-order valence-electron chi connectivity index (χ0n) is 16.3. The van der Waals surface area contributed by atoms with E-state index in [-0.39, 0.29) is 11.3 Å². The standard InChI is InChI=1S/C20H19FN4O5/c1-12-9-10-24(23-12)16-6-3-14(4-7-16)20(27)30-13(2)19(26)22-15-5-8-17(21)18(11-15)25(28)29/h3-8,11,13H,9-10H2,1-2H3,(H,22,26). The first-order valence-corrected chi connectivity index (χ1v) is 9.12. The lowest BCUT2D eigenvalue weighted by atomic mass is 10.2. The van der Waals surface area contributed by atoms with Crippen LogP contribution in [0, 0.1) is 15.9 Å². The number of rotatable bonds is 6. The fourth-order valence-electron chi connectivity index (χ4n) is 2.79. The first kappa shape index (κ1) is 20.9. The lowest BCUT2D eigenvalue weighted by Crippen LogP contribution is -2.30. The first-order valence-electron chi connectivity index (χ1n) is 9.12. The van der Waals surface area contributed by atoms with Crippen LogP contribution >= 0.6 is 0 Å². The summed E-state index contributed by atoms with van der Waals surface area (Å²) in [5.74, 6) is -2.42. The lowest BCUT2D eigenvalue weighted by Gasteiger charge is -2.15. The molecule has 0 saturated heterocycles. The Bertz CT molecular complexity index is 1020. The van der Waals surface area contributed by atoms with Crippen molar-refractivity contribution in [3.8, 4) is 0 Å². The highest BCUT2D eigenvalue weighted by Crippen LogP contribution is 2.22. The molecule has 30 heavy (non-hydrogen) atoms. The molecule has 0 saturated carbocycles. The number of nitro benzene ring substituents is 1. The number of esters is 1. The van der Waals surface area contributed by atoms with Gasteiger partial charge in [0, 0.05) is 30.4 Å². The van der Waals surface area contributed by atoms with Crippen LogP contribution in [0.2, 0.25) is 0 Å². The summed E-state index contributed by atoms with van der Waals surface area (Å²) in [4.78, 5) is 34.4. The number of anilines is 2. The van der Waals surface area contributed by atoms with Crippen LogP contribution in [0.4, 0.5) is 21.5 Å². The number of nitrogens with zero attached hydrogens (tertiary/aromatic N) is 3. The van der Waals surface area contributed by atoms with Crippen molar-refractivity contribution in [2.45, 2.75) is 26.4 Å². The number of carbonyl (C=O) groups is 2. The molecule has 1 N–H and O–H groups in total. The maximum Gasteiger partial charge on any atom is 0.338 e. The molecule has 2 aromatic rings. The number of benzene rings is 2. The normalized spacial score (nSPS) is 14.1. The summed E-state index contributed by atoms with van der Waals surface area (Å²) >= 11 is 0. The number of halogens is 1. The second-order valence-corrected chi connectivity index (χ2v) is 6.72. The molecule has 0 aromatic heterocycles. The Hall–Kier alpha value is -3.82. The summed E-state index contributed by atoms with van der Waals surface area (Å²) < 4.78 is 18.5. The molecule has 1 aliphatic rings. The number of carbonyl (C=O) groups excluding carboxylic acids is 2. The van der Waals surface area contributed by atoms with Crippen molar-refractivity contribution in [1.29, 1.82) is 0 Å². The van der Waals surface area contributed by atoms with E-state index in [1.807, 2.05) is 11.9 Å². The fourth-order valence-corrected chi connectivity index (χ4v) is 2.79. The van der Waals surface area contributed by atoms with Gasteiger partial charge in [0.25, 0.3) is 5.91 Å². The van der Waals surface area contributed by atoms with Gasteiger partial charge in [-0.2, -0.15) is 9.49 Å². The second-order valence-electron chi connectivity index (χ2n) is 6.72. The highest BCUT2D eigenvalue weighted by molar-refractivity contribution is 5.97. The van der Waals surface area contributed by atoms with Crippen LogP contribution in [0.1, 0.15) is 30.6 Å². The van der Waals surface area contributed by atoms with E-state index < -0.39 is 34.4 Å². The quantitative estimate of drug-likeness (QED) is 0.440. The molecule has 0 bridgehead atoms. The van der Waals surface area contributed by atoms with Gasteiger partial charge in [-0.1, -0.05) is 0 Å². The number of hydrogen-bond acceptors (Lipinski definition) is 7. The third-order valence-electron chi connectivity index (χ3n) is 4.44. The van der Waals surface area contributed by atoms with E-state index in [9.17, 15) is 24.1 Å². The van der Waals surface area contributed by atoms with Crippen LogP contribution < -0.4 is 10.3 Å². The van der Waals surface area contributed by atoms with Gasteiger partial charge in [-0.3, -0.25) is 19.9 Å². The maximum absolute atomic E-state index is 13.4. The highest BCUT2D eigenvalue weighted by Gasteiger charge is 2.21. The third kappa shape index (κ3) is 4.77. The Morgan fingerprint density at radius 2 is 1.97 bits per heavy atom. The predicted molar refractivity (Wildman–Crippen MR) is 108 cm³/mol. The van der Waals surface area contributed by atoms with E-state index in [1.165, 1.54) is 13.0 Å². The van der Waals surface area contributed by atoms with Crippen LogP contribution in [-0.4, -0.2) is 35.2 Å². The van der Waals surface area contributed by atoms with E-state index in [0.29, 0.717) is 0 Å². The van der Waals surface area contributed by atoms with Crippen molar-refractivity contribution in [2.75, 3.05) is 16.9 Å². The molecule has 3 rings (SSSR count). The van der Waals surface area contributed by atoms with E-state index in [1.54, 1.807) is 24.3 Å². The lowest BCUT2D eigenvalue weighted by molar-refractivity contribution is -0.387. The summed E-state index contributed by atoms with van der Waals surface area (Å²) in [6, 6.07) is 9.57. The molecule has 0 fully saturated rings. The van der Waals surface area contributed by atoms with Gasteiger partial charge < -0.3 is 10.1 Å². The molecule has 1 aliphatic heterocycles. The number of nitro groups is 1. The zero-order valence-corrected chi connectivity index (χ0v) is 16.3. The Labute approximate surface area is 171 Å². The van der Waals surface area contributed by atoms with Crippen molar-refractivity contribution in [3.05, 3.63) is 64.0 Å². The van der Waals surface area contributed by atoms with Gasteiger partial charge >= 0.3 is 11.7 Å². The second kappa shape index (κ2) is 8.68. The molecule has 156 valence electrons. The predicted octanol–water partition coefficient (Wildman–Crippen LogP) is 3.50. The van der Waals surface area contributed by atoms with E-state index in [4.69, 9.17) is 4.74 Å². The Balaban J connectivity index is 1.60. The average Bonchev–Trinajstić information content (AvgIpc) is 3.15. The highest BCUT2D eigenvalue weighted by atomic mass is 19.1. The van der Waals surface area contributed by atoms with Crippen molar-refractivity contribution in [1.82, 2.24) is 0 Å². The molecule has 0 aliphatic carbocycles. The van der Waals surface area contributed by atoms with Gasteiger partial charge in [-0.25, -0.2) is 4.79 Å². The van der Waals surface area contributed by atoms with Gasteiger partial charge in [0.05, 0.1) is 16.2 Å². The number of amides is 1. The minimum Gasteiger partial charge on any atom is -0.449 e. The maximum atomic E-state index is 13.4. The summed E-state index contributed by atoms with van der Waals surface area (Å²) in [6.45, 7) is 4.08. The van der Waals surface area contributed by atoms with Crippen molar-refractivity contribution >= 4 is 34.7 Å². The van der Waals surface area contributed by atoms with Crippen molar-refractivity contribution < 1.29 is 23.6 Å². The van der Waals surface area contributed by atoms with Crippen molar-refractivity contribution in [2.24, 2.45) is 5.10 Å². The third-order valence-corrected chi connectivity index (χ3v) is 4.44. The van der Waals surface area contributed by atoms with Crippen molar-refractivity contribution in [3.63, 3.8) is 0 Å². The molecule has 2 aromatic carbocycles. The van der Waals surface area contributed by atoms with Crippen LogP contribution in [0.3, 0.4) is 0 Å². The van der Waals surface area contributed by atoms with E-state index >= 15 is 0 Å². The van der Waals surface area contributed by atoms with Gasteiger partial charge in [-0.15, -0.1) is 0 Å². The van der Waals surface area contributed by atoms with Gasteiger partial charge in [0.2, 0.25) is 5.82 Å². The largest absolute Gasteiger partial charge is 0.449 e. The monoisotopic (exact) mass is 414 g/mol. The summed E-state index contributed by atoms with van der Waals surface area (Å²) in [5.41, 5.74) is 1.38. The fraction of sp³-hybridized carbons (Fsp3) is 0.250. The number of hydrazone groups is 1. The molecule has 9 nitrogen and oxygen atoms in total. The minimum absolute atomic E-state index is 0.0156. The van der Waals surface area contributed by atoms with Crippen LogP contribution in [0.5, 0.6) is 0 Å². The number of ether oxygens (including phenoxy) is 1. The summed E-state index contributed by atoms with van der Waals surface area (Å²) in [7, 11) is 0. The van der Waals surface area contributed by atoms with Gasteiger partial charge in [0.15, 0.2) is 6.10 Å². The SMILES string of the molecule is CC1=NN(c2ccc(C(=O)OC(C)C(=O)Nc3ccc(F)c([N+](=O)[O-])c3)cc2)CC1. The number of nitrogens with one attached hydrogen (secondary N) is 1. The van der Waals surface area contributed by atoms with Crippen LogP contribution in [0.15, 0.2) is 47.6 Å². The van der Waals surface area contributed by atoms with Crippen LogP contribution in [0.25, 0.3) is 0 Å². The molecule has 1 unspecified atom stereocenters. The molecular formula is C20H19FN4O5. The zero-order chi connectivity index (χ0) is 21.8. The minimum atomic E-state index is -1.17. The Morgan fingerprint density at radius 3 is 2.57 bits per heavy atom. The van der Waals surface area contributed by atoms with E-state index in [2.05, 4.69) is 10.4 Å². The molecular weight excluding hydrogens is 395 g/mol. The van der Waals surface area contributed by atoms with Crippen LogP contribution in [-0.2, 0) is 9.53 Å². The topological polar surface area (TPSA) is 114 Å². The summed E-state index contributed by atoms with van der Waals surface area (Å²) in [6.07, 6.45) is -0.291. The Morgan fingerprint density at radius 1 is 1.27 bits per heavy atom. The first-order chi connectivity index (χ1) is 14.2.